The van der Waals surface area contributed by atoms with Gasteiger partial charge in [0, 0.05) is 51.1 Å². The molecule has 1 amide bonds. The van der Waals surface area contributed by atoms with Crippen molar-refractivity contribution >= 4 is 5.91 Å². The van der Waals surface area contributed by atoms with Crippen LogP contribution in [0, 0.1) is 0 Å². The molecule has 1 aromatic heterocycles. The van der Waals surface area contributed by atoms with Gasteiger partial charge >= 0.3 is 0 Å². The Labute approximate surface area is 112 Å². The first-order chi connectivity index (χ1) is 9.31. The van der Waals surface area contributed by atoms with Gasteiger partial charge in [0.1, 0.15) is 6.61 Å². The van der Waals surface area contributed by atoms with E-state index < -0.39 is 0 Å². The Morgan fingerprint density at radius 1 is 1.42 bits per heavy atom. The van der Waals surface area contributed by atoms with E-state index in [-0.39, 0.29) is 5.91 Å². The summed E-state index contributed by atoms with van der Waals surface area (Å²) in [4.78, 5) is 18.2. The number of rotatable bonds is 5. The van der Waals surface area contributed by atoms with Gasteiger partial charge in [0.25, 0.3) is 5.91 Å². The van der Waals surface area contributed by atoms with Crippen molar-refractivity contribution in [2.24, 2.45) is 0 Å². The highest BCUT2D eigenvalue weighted by Crippen LogP contribution is 2.12. The average molecular weight is 265 g/mol. The summed E-state index contributed by atoms with van der Waals surface area (Å²) in [6.07, 6.45) is 1.59. The molecule has 1 N–H and O–H groups in total. The smallest absolute Gasteiger partial charge is 0.254 e. The van der Waals surface area contributed by atoms with E-state index in [4.69, 9.17) is 9.47 Å². The molecule has 1 saturated heterocycles. The molecule has 2 rings (SSSR count). The van der Waals surface area contributed by atoms with Crippen molar-refractivity contribution < 1.29 is 14.3 Å². The van der Waals surface area contributed by atoms with Crippen LogP contribution in [0.2, 0.25) is 0 Å². The number of carbonyl (C=O) groups excluding carboxylic acids is 1. The van der Waals surface area contributed by atoms with E-state index in [0.717, 1.165) is 26.2 Å². The van der Waals surface area contributed by atoms with Gasteiger partial charge < -0.3 is 19.7 Å². The molecule has 0 aromatic carbocycles. The van der Waals surface area contributed by atoms with E-state index >= 15 is 0 Å². The number of piperazine rings is 1. The quantitative estimate of drug-likeness (QED) is 0.768. The molecule has 1 fully saturated rings. The zero-order valence-corrected chi connectivity index (χ0v) is 11.1. The van der Waals surface area contributed by atoms with Gasteiger partial charge in [-0.05, 0) is 6.07 Å². The summed E-state index contributed by atoms with van der Waals surface area (Å²) in [5.74, 6) is 0.485. The van der Waals surface area contributed by atoms with Gasteiger partial charge in [0.15, 0.2) is 0 Å². The molecule has 0 spiro atoms. The van der Waals surface area contributed by atoms with Crippen LogP contribution in [0.15, 0.2) is 18.3 Å². The van der Waals surface area contributed by atoms with Crippen LogP contribution in [0.25, 0.3) is 0 Å². The molecule has 2 heterocycles. The molecule has 6 nitrogen and oxygen atoms in total. The van der Waals surface area contributed by atoms with Gasteiger partial charge in [-0.1, -0.05) is 0 Å². The summed E-state index contributed by atoms with van der Waals surface area (Å²) >= 11 is 0. The van der Waals surface area contributed by atoms with E-state index in [1.54, 1.807) is 25.4 Å². The number of hydrogen-bond acceptors (Lipinski definition) is 5. The number of aromatic nitrogens is 1. The molecule has 0 saturated carbocycles. The number of nitrogens with zero attached hydrogens (tertiary/aromatic N) is 2. The Morgan fingerprint density at radius 2 is 2.21 bits per heavy atom. The molecule has 1 aliphatic rings. The SMILES string of the molecule is COCCOc1cc(C(=O)N2CCNCC2)ccn1. The maximum absolute atomic E-state index is 12.3. The van der Waals surface area contributed by atoms with Crippen molar-refractivity contribution in [2.75, 3.05) is 46.5 Å². The predicted octanol–water partition coefficient (Wildman–Crippen LogP) is 0.152. The number of hydrogen-bond donors (Lipinski definition) is 1. The normalized spacial score (nSPS) is 15.3. The van der Waals surface area contributed by atoms with Gasteiger partial charge in [0.05, 0.1) is 6.61 Å². The highest BCUT2D eigenvalue weighted by molar-refractivity contribution is 5.94. The van der Waals surface area contributed by atoms with E-state index in [1.807, 2.05) is 4.90 Å². The van der Waals surface area contributed by atoms with Gasteiger partial charge in [-0.15, -0.1) is 0 Å². The van der Waals surface area contributed by atoms with Crippen LogP contribution < -0.4 is 10.1 Å². The van der Waals surface area contributed by atoms with Gasteiger partial charge in [-0.2, -0.15) is 0 Å². The lowest BCUT2D eigenvalue weighted by atomic mass is 10.2. The average Bonchev–Trinajstić information content (AvgIpc) is 2.48. The first kappa shape index (κ1) is 13.8. The van der Waals surface area contributed by atoms with E-state index in [1.165, 1.54) is 0 Å². The third-order valence-electron chi connectivity index (χ3n) is 2.92. The monoisotopic (exact) mass is 265 g/mol. The molecule has 0 unspecified atom stereocenters. The fourth-order valence-electron chi connectivity index (χ4n) is 1.90. The van der Waals surface area contributed by atoms with Gasteiger partial charge in [0.2, 0.25) is 5.88 Å². The number of pyridine rings is 1. The third-order valence-corrected chi connectivity index (χ3v) is 2.92. The molecule has 104 valence electrons. The summed E-state index contributed by atoms with van der Waals surface area (Å²) in [6, 6.07) is 3.40. The molecule has 6 heteroatoms. The Balaban J connectivity index is 1.98. The number of carbonyl (C=O) groups is 1. The summed E-state index contributed by atoms with van der Waals surface area (Å²) < 4.78 is 10.3. The Morgan fingerprint density at radius 3 is 2.95 bits per heavy atom. The van der Waals surface area contributed by atoms with E-state index in [9.17, 15) is 4.79 Å². The number of ether oxygens (including phenoxy) is 2. The summed E-state index contributed by atoms with van der Waals surface area (Å²) in [6.45, 7) is 4.08. The molecule has 0 aliphatic carbocycles. The van der Waals surface area contributed by atoms with Crippen LogP contribution in [0.3, 0.4) is 0 Å². The number of nitrogens with one attached hydrogen (secondary N) is 1. The highest BCUT2D eigenvalue weighted by atomic mass is 16.5. The highest BCUT2D eigenvalue weighted by Gasteiger charge is 2.18. The first-order valence-electron chi connectivity index (χ1n) is 6.39. The molecule has 0 radical (unpaired) electrons. The minimum absolute atomic E-state index is 0.0282. The minimum Gasteiger partial charge on any atom is -0.475 e. The molecule has 19 heavy (non-hydrogen) atoms. The molecule has 1 aliphatic heterocycles. The standard InChI is InChI=1S/C13H19N3O3/c1-18-8-9-19-12-10-11(2-3-15-12)13(17)16-6-4-14-5-7-16/h2-3,10,14H,4-9H2,1H3. The van der Waals surface area contributed by atoms with Crippen LogP contribution in [0.5, 0.6) is 5.88 Å². The lowest BCUT2D eigenvalue weighted by Gasteiger charge is -2.27. The largest absolute Gasteiger partial charge is 0.475 e. The van der Waals surface area contributed by atoms with Gasteiger partial charge in [-0.3, -0.25) is 4.79 Å². The second-order valence-electron chi connectivity index (χ2n) is 4.27. The summed E-state index contributed by atoms with van der Waals surface area (Å²) in [5.41, 5.74) is 0.615. The number of methoxy groups -OCH3 is 1. The third kappa shape index (κ3) is 3.90. The van der Waals surface area contributed by atoms with Crippen LogP contribution in [0.4, 0.5) is 0 Å². The van der Waals surface area contributed by atoms with Crippen LogP contribution in [-0.2, 0) is 4.74 Å². The lowest BCUT2D eigenvalue weighted by Crippen LogP contribution is -2.46. The van der Waals surface area contributed by atoms with Crippen molar-refractivity contribution in [1.29, 1.82) is 0 Å². The van der Waals surface area contributed by atoms with Crippen LogP contribution in [-0.4, -0.2) is 62.3 Å². The maximum Gasteiger partial charge on any atom is 0.254 e. The summed E-state index contributed by atoms with van der Waals surface area (Å²) in [5, 5.41) is 3.22. The minimum atomic E-state index is 0.0282. The molecule has 1 aromatic rings. The van der Waals surface area contributed by atoms with Crippen molar-refractivity contribution in [3.63, 3.8) is 0 Å². The first-order valence-corrected chi connectivity index (χ1v) is 6.39. The van der Waals surface area contributed by atoms with Crippen LogP contribution >= 0.6 is 0 Å². The zero-order chi connectivity index (χ0) is 13.5. The van der Waals surface area contributed by atoms with E-state index in [2.05, 4.69) is 10.3 Å². The van der Waals surface area contributed by atoms with Crippen molar-refractivity contribution in [1.82, 2.24) is 15.2 Å². The van der Waals surface area contributed by atoms with Crippen molar-refractivity contribution in [3.05, 3.63) is 23.9 Å². The molecule has 0 atom stereocenters. The topological polar surface area (TPSA) is 63.7 Å². The second-order valence-corrected chi connectivity index (χ2v) is 4.27. The van der Waals surface area contributed by atoms with Crippen LogP contribution in [0.1, 0.15) is 10.4 Å². The summed E-state index contributed by atoms with van der Waals surface area (Å²) in [7, 11) is 1.61. The van der Waals surface area contributed by atoms with Crippen molar-refractivity contribution in [3.8, 4) is 5.88 Å². The lowest BCUT2D eigenvalue weighted by molar-refractivity contribution is 0.0735. The molecule has 0 bridgehead atoms. The molecular weight excluding hydrogens is 246 g/mol. The zero-order valence-electron chi connectivity index (χ0n) is 11.1. The maximum atomic E-state index is 12.3. The molecular formula is C13H19N3O3. The Bertz CT molecular complexity index is 419. The van der Waals surface area contributed by atoms with Crippen molar-refractivity contribution in [2.45, 2.75) is 0 Å². The fraction of sp³-hybridized carbons (Fsp3) is 0.538. The number of amides is 1. The van der Waals surface area contributed by atoms with E-state index in [0.29, 0.717) is 24.7 Å². The fourth-order valence-corrected chi connectivity index (χ4v) is 1.90. The van der Waals surface area contributed by atoms with Gasteiger partial charge in [-0.25, -0.2) is 4.98 Å². The predicted molar refractivity (Wildman–Crippen MR) is 70.4 cm³/mol. The Kier molecular flexibility index (Phi) is 5.11. The second kappa shape index (κ2) is 7.06. The Hall–Kier alpha value is -1.66.